The van der Waals surface area contributed by atoms with Crippen molar-refractivity contribution in [2.75, 3.05) is 0 Å². The van der Waals surface area contributed by atoms with Crippen molar-refractivity contribution in [3.8, 4) is 33.4 Å². The summed E-state index contributed by atoms with van der Waals surface area (Å²) in [6.45, 7) is 0. The highest BCUT2D eigenvalue weighted by Crippen LogP contribution is 2.46. The molecule has 0 nitrogen and oxygen atoms in total. The largest absolute Gasteiger partial charge is 0.416 e. The van der Waals surface area contributed by atoms with Crippen molar-refractivity contribution in [1.82, 2.24) is 0 Å². The number of alkyl halides is 3. The standard InChI is InChI=1S/C26H17F3/c27-26(28,29)20-12-10-18(11-13-20)25-22(17-6-2-1-3-7-17)14-15-23-21-9-5-4-8-19(21)16-24(23)25/h1-15H,16H2. The molecule has 0 bridgehead atoms. The van der Waals surface area contributed by atoms with E-state index in [1.54, 1.807) is 12.1 Å². The van der Waals surface area contributed by atoms with E-state index >= 15 is 0 Å². The van der Waals surface area contributed by atoms with E-state index in [0.29, 0.717) is 0 Å². The van der Waals surface area contributed by atoms with Crippen LogP contribution in [0, 0.1) is 0 Å². The molecule has 1 aliphatic carbocycles. The maximum Gasteiger partial charge on any atom is 0.416 e. The van der Waals surface area contributed by atoms with Crippen molar-refractivity contribution < 1.29 is 13.2 Å². The fourth-order valence-corrected chi connectivity index (χ4v) is 4.23. The normalized spacial score (nSPS) is 12.5. The van der Waals surface area contributed by atoms with Gasteiger partial charge in [0, 0.05) is 0 Å². The Balaban J connectivity index is 1.74. The summed E-state index contributed by atoms with van der Waals surface area (Å²) < 4.78 is 39.2. The van der Waals surface area contributed by atoms with Gasteiger partial charge in [0.1, 0.15) is 0 Å². The lowest BCUT2D eigenvalue weighted by Crippen LogP contribution is -2.04. The van der Waals surface area contributed by atoms with Crippen molar-refractivity contribution >= 4 is 0 Å². The Morgan fingerprint density at radius 2 is 1.21 bits per heavy atom. The lowest BCUT2D eigenvalue weighted by molar-refractivity contribution is -0.137. The van der Waals surface area contributed by atoms with E-state index in [0.717, 1.165) is 34.2 Å². The van der Waals surface area contributed by atoms with E-state index in [2.05, 4.69) is 24.3 Å². The highest BCUT2D eigenvalue weighted by Gasteiger charge is 2.30. The average Bonchev–Trinajstić information content (AvgIpc) is 3.12. The van der Waals surface area contributed by atoms with Crippen molar-refractivity contribution in [1.29, 1.82) is 0 Å². The molecule has 29 heavy (non-hydrogen) atoms. The number of benzene rings is 4. The third-order valence-corrected chi connectivity index (χ3v) is 5.57. The minimum atomic E-state index is -4.34. The number of halogens is 3. The summed E-state index contributed by atoms with van der Waals surface area (Å²) in [4.78, 5) is 0. The molecule has 4 aromatic rings. The fourth-order valence-electron chi connectivity index (χ4n) is 4.23. The molecule has 1 aliphatic rings. The van der Waals surface area contributed by atoms with Crippen LogP contribution in [0.2, 0.25) is 0 Å². The molecular formula is C26H17F3. The molecule has 0 spiro atoms. The van der Waals surface area contributed by atoms with Crippen molar-refractivity contribution in [2.24, 2.45) is 0 Å². The lowest BCUT2D eigenvalue weighted by Gasteiger charge is -2.17. The summed E-state index contributed by atoms with van der Waals surface area (Å²) in [5, 5.41) is 0. The molecule has 0 saturated carbocycles. The van der Waals surface area contributed by atoms with Gasteiger partial charge in [0.15, 0.2) is 0 Å². The lowest BCUT2D eigenvalue weighted by atomic mass is 9.87. The molecule has 0 aromatic heterocycles. The fraction of sp³-hybridized carbons (Fsp3) is 0.0769. The highest BCUT2D eigenvalue weighted by molar-refractivity contribution is 5.93. The molecule has 0 amide bonds. The van der Waals surface area contributed by atoms with Gasteiger partial charge in [-0.05, 0) is 63.1 Å². The van der Waals surface area contributed by atoms with Crippen LogP contribution in [0.4, 0.5) is 13.2 Å². The van der Waals surface area contributed by atoms with Gasteiger partial charge in [0.2, 0.25) is 0 Å². The molecule has 3 heteroatoms. The van der Waals surface area contributed by atoms with Crippen molar-refractivity contribution in [3.63, 3.8) is 0 Å². The topological polar surface area (TPSA) is 0 Å². The van der Waals surface area contributed by atoms with Crippen LogP contribution in [0.25, 0.3) is 33.4 Å². The molecule has 0 heterocycles. The molecule has 0 radical (unpaired) electrons. The summed E-state index contributed by atoms with van der Waals surface area (Å²) in [5.74, 6) is 0. The Bertz CT molecular complexity index is 1190. The zero-order valence-corrected chi connectivity index (χ0v) is 15.5. The Labute approximate surface area is 167 Å². The van der Waals surface area contributed by atoms with Gasteiger partial charge < -0.3 is 0 Å². The minimum Gasteiger partial charge on any atom is -0.166 e. The molecule has 0 aliphatic heterocycles. The van der Waals surface area contributed by atoms with Crippen LogP contribution in [0.15, 0.2) is 91.0 Å². The molecule has 4 aromatic carbocycles. The number of hydrogen-bond donors (Lipinski definition) is 0. The van der Waals surface area contributed by atoms with Crippen molar-refractivity contribution in [3.05, 3.63) is 108 Å². The SMILES string of the molecule is FC(F)(F)c1ccc(-c2c(-c3ccccc3)ccc3c2Cc2ccccc2-3)cc1. The smallest absolute Gasteiger partial charge is 0.166 e. The van der Waals surface area contributed by atoms with Crippen LogP contribution in [0.1, 0.15) is 16.7 Å². The van der Waals surface area contributed by atoms with E-state index in [-0.39, 0.29) is 0 Å². The molecular weight excluding hydrogens is 369 g/mol. The highest BCUT2D eigenvalue weighted by atomic mass is 19.4. The van der Waals surface area contributed by atoms with Gasteiger partial charge in [0.25, 0.3) is 0 Å². The molecule has 142 valence electrons. The summed E-state index contributed by atoms with van der Waals surface area (Å²) >= 11 is 0. The summed E-state index contributed by atoms with van der Waals surface area (Å²) in [5.41, 5.74) is 8.08. The number of fused-ring (bicyclic) bond motifs is 3. The maximum absolute atomic E-state index is 13.1. The van der Waals surface area contributed by atoms with Crippen molar-refractivity contribution in [2.45, 2.75) is 12.6 Å². The van der Waals surface area contributed by atoms with E-state index in [4.69, 9.17) is 0 Å². The second kappa shape index (κ2) is 6.63. The summed E-state index contributed by atoms with van der Waals surface area (Å²) in [6, 6.07) is 28.0. The van der Waals surface area contributed by atoms with Gasteiger partial charge in [-0.2, -0.15) is 13.2 Å². The van der Waals surface area contributed by atoms with Gasteiger partial charge in [-0.15, -0.1) is 0 Å². The number of hydrogen-bond acceptors (Lipinski definition) is 0. The predicted octanol–water partition coefficient (Wildman–Crippen LogP) is 7.61. The molecule has 0 atom stereocenters. The molecule has 0 N–H and O–H groups in total. The maximum atomic E-state index is 13.1. The Morgan fingerprint density at radius 1 is 0.552 bits per heavy atom. The molecule has 0 fully saturated rings. The minimum absolute atomic E-state index is 0.627. The Kier molecular flexibility index (Phi) is 4.06. The van der Waals surface area contributed by atoms with E-state index in [1.807, 2.05) is 42.5 Å². The first-order chi connectivity index (χ1) is 14.0. The van der Waals surface area contributed by atoms with Gasteiger partial charge in [-0.3, -0.25) is 0 Å². The predicted molar refractivity (Wildman–Crippen MR) is 111 cm³/mol. The zero-order valence-electron chi connectivity index (χ0n) is 15.5. The first-order valence-electron chi connectivity index (χ1n) is 9.49. The second-order valence-corrected chi connectivity index (χ2v) is 7.29. The molecule has 5 rings (SSSR count). The monoisotopic (exact) mass is 386 g/mol. The number of rotatable bonds is 2. The quantitative estimate of drug-likeness (QED) is 0.293. The van der Waals surface area contributed by atoms with Gasteiger partial charge in [-0.1, -0.05) is 78.9 Å². The average molecular weight is 386 g/mol. The third-order valence-electron chi connectivity index (χ3n) is 5.57. The van der Waals surface area contributed by atoms with Crippen LogP contribution in [0.5, 0.6) is 0 Å². The van der Waals surface area contributed by atoms with Crippen LogP contribution in [-0.4, -0.2) is 0 Å². The molecule has 0 saturated heterocycles. The Hall–Kier alpha value is -3.33. The Morgan fingerprint density at radius 3 is 1.93 bits per heavy atom. The molecule has 0 unspecified atom stereocenters. The van der Waals surface area contributed by atoms with Gasteiger partial charge >= 0.3 is 6.18 Å². The summed E-state index contributed by atoms with van der Waals surface area (Å²) in [6.07, 6.45) is -3.56. The van der Waals surface area contributed by atoms with E-state index in [9.17, 15) is 13.2 Å². The first-order valence-corrected chi connectivity index (χ1v) is 9.49. The van der Waals surface area contributed by atoms with Gasteiger partial charge in [-0.25, -0.2) is 0 Å². The van der Waals surface area contributed by atoms with Crippen LogP contribution < -0.4 is 0 Å². The van der Waals surface area contributed by atoms with E-state index < -0.39 is 11.7 Å². The van der Waals surface area contributed by atoms with Crippen LogP contribution >= 0.6 is 0 Å². The van der Waals surface area contributed by atoms with E-state index in [1.165, 1.54) is 28.8 Å². The second-order valence-electron chi connectivity index (χ2n) is 7.29. The zero-order chi connectivity index (χ0) is 20.0. The summed E-state index contributed by atoms with van der Waals surface area (Å²) in [7, 11) is 0. The van der Waals surface area contributed by atoms with Gasteiger partial charge in [0.05, 0.1) is 5.56 Å². The third kappa shape index (κ3) is 3.03. The van der Waals surface area contributed by atoms with Crippen LogP contribution in [0.3, 0.4) is 0 Å². The van der Waals surface area contributed by atoms with Crippen LogP contribution in [-0.2, 0) is 12.6 Å². The first kappa shape index (κ1) is 17.7.